The SMILES string of the molecule is CCCn1cc(Oc2nc(NC)ncc2Cl)cn1. The molecule has 0 fully saturated rings. The van der Waals surface area contributed by atoms with Crippen molar-refractivity contribution >= 4 is 17.5 Å². The molecule has 0 unspecified atom stereocenters. The lowest BCUT2D eigenvalue weighted by atomic mass is 10.5. The van der Waals surface area contributed by atoms with E-state index in [1.54, 1.807) is 19.4 Å². The van der Waals surface area contributed by atoms with E-state index in [1.165, 1.54) is 6.20 Å². The molecule has 0 aliphatic heterocycles. The molecule has 96 valence electrons. The lowest BCUT2D eigenvalue weighted by molar-refractivity contribution is 0.461. The van der Waals surface area contributed by atoms with Crippen LogP contribution in [0.2, 0.25) is 5.02 Å². The highest BCUT2D eigenvalue weighted by molar-refractivity contribution is 6.31. The van der Waals surface area contributed by atoms with Gasteiger partial charge in [-0.3, -0.25) is 4.68 Å². The van der Waals surface area contributed by atoms with Gasteiger partial charge in [0.05, 0.1) is 18.6 Å². The maximum absolute atomic E-state index is 5.97. The normalized spacial score (nSPS) is 10.4. The van der Waals surface area contributed by atoms with Gasteiger partial charge in [-0.15, -0.1) is 0 Å². The van der Waals surface area contributed by atoms with Gasteiger partial charge >= 0.3 is 0 Å². The van der Waals surface area contributed by atoms with Crippen LogP contribution in [0.1, 0.15) is 13.3 Å². The summed E-state index contributed by atoms with van der Waals surface area (Å²) in [6.45, 7) is 2.94. The molecule has 7 heteroatoms. The van der Waals surface area contributed by atoms with Crippen molar-refractivity contribution < 1.29 is 4.74 Å². The van der Waals surface area contributed by atoms with Crippen molar-refractivity contribution in [2.75, 3.05) is 12.4 Å². The van der Waals surface area contributed by atoms with Crippen molar-refractivity contribution in [2.45, 2.75) is 19.9 Å². The van der Waals surface area contributed by atoms with Crippen LogP contribution in [0.15, 0.2) is 18.6 Å². The van der Waals surface area contributed by atoms with E-state index in [9.17, 15) is 0 Å². The summed E-state index contributed by atoms with van der Waals surface area (Å²) >= 11 is 5.97. The largest absolute Gasteiger partial charge is 0.434 e. The lowest BCUT2D eigenvalue weighted by Gasteiger charge is -2.05. The number of halogens is 1. The molecular formula is C11H14ClN5O. The smallest absolute Gasteiger partial charge is 0.243 e. The first-order valence-electron chi connectivity index (χ1n) is 5.63. The zero-order valence-electron chi connectivity index (χ0n) is 10.2. The Bertz CT molecular complexity index is 528. The summed E-state index contributed by atoms with van der Waals surface area (Å²) in [4.78, 5) is 8.11. The van der Waals surface area contributed by atoms with Crippen LogP contribution in [0.25, 0.3) is 0 Å². The van der Waals surface area contributed by atoms with Gasteiger partial charge in [-0.25, -0.2) is 4.98 Å². The third-order valence-corrected chi connectivity index (χ3v) is 2.47. The van der Waals surface area contributed by atoms with Crippen LogP contribution in [0.5, 0.6) is 11.6 Å². The topological polar surface area (TPSA) is 64.9 Å². The number of nitrogens with zero attached hydrogens (tertiary/aromatic N) is 4. The van der Waals surface area contributed by atoms with E-state index in [2.05, 4.69) is 27.3 Å². The van der Waals surface area contributed by atoms with Crippen molar-refractivity contribution in [2.24, 2.45) is 0 Å². The monoisotopic (exact) mass is 267 g/mol. The Morgan fingerprint density at radius 1 is 1.44 bits per heavy atom. The van der Waals surface area contributed by atoms with Crippen molar-refractivity contribution in [3.63, 3.8) is 0 Å². The fourth-order valence-corrected chi connectivity index (χ4v) is 1.53. The molecule has 1 N–H and O–H groups in total. The van der Waals surface area contributed by atoms with Gasteiger partial charge < -0.3 is 10.1 Å². The van der Waals surface area contributed by atoms with Crippen LogP contribution in [0.4, 0.5) is 5.95 Å². The van der Waals surface area contributed by atoms with Crippen molar-refractivity contribution in [3.8, 4) is 11.6 Å². The van der Waals surface area contributed by atoms with Crippen LogP contribution in [-0.2, 0) is 6.54 Å². The van der Waals surface area contributed by atoms with E-state index in [4.69, 9.17) is 16.3 Å². The van der Waals surface area contributed by atoms with Crippen molar-refractivity contribution in [1.82, 2.24) is 19.7 Å². The molecule has 0 aliphatic carbocycles. The molecule has 2 rings (SSSR count). The van der Waals surface area contributed by atoms with Crippen LogP contribution in [0.3, 0.4) is 0 Å². The number of aromatic nitrogens is 4. The molecule has 2 aromatic rings. The molecule has 0 bridgehead atoms. The molecule has 0 aromatic carbocycles. The summed E-state index contributed by atoms with van der Waals surface area (Å²) in [6.07, 6.45) is 5.94. The van der Waals surface area contributed by atoms with Gasteiger partial charge in [0.25, 0.3) is 0 Å². The molecule has 0 aliphatic rings. The maximum atomic E-state index is 5.97. The predicted octanol–water partition coefficient (Wildman–Crippen LogP) is 2.57. The molecular weight excluding hydrogens is 254 g/mol. The quantitative estimate of drug-likeness (QED) is 0.902. The average Bonchev–Trinajstić information content (AvgIpc) is 2.80. The van der Waals surface area contributed by atoms with Crippen molar-refractivity contribution in [1.29, 1.82) is 0 Å². The first-order valence-corrected chi connectivity index (χ1v) is 6.01. The Morgan fingerprint density at radius 2 is 2.28 bits per heavy atom. The fraction of sp³-hybridized carbons (Fsp3) is 0.364. The van der Waals surface area contributed by atoms with Gasteiger partial charge in [-0.05, 0) is 6.42 Å². The minimum absolute atomic E-state index is 0.312. The van der Waals surface area contributed by atoms with Crippen LogP contribution in [0, 0.1) is 0 Å². The summed E-state index contributed by atoms with van der Waals surface area (Å²) in [5.74, 6) is 1.37. The third-order valence-electron chi connectivity index (χ3n) is 2.21. The number of rotatable bonds is 5. The van der Waals surface area contributed by atoms with Gasteiger partial charge in [0, 0.05) is 13.6 Å². The Balaban J connectivity index is 2.16. The number of hydrogen-bond acceptors (Lipinski definition) is 5. The Hall–Kier alpha value is -1.82. The number of aryl methyl sites for hydroxylation is 1. The van der Waals surface area contributed by atoms with E-state index < -0.39 is 0 Å². The molecule has 18 heavy (non-hydrogen) atoms. The zero-order valence-corrected chi connectivity index (χ0v) is 11.0. The van der Waals surface area contributed by atoms with E-state index in [0.717, 1.165) is 13.0 Å². The minimum Gasteiger partial charge on any atom is -0.434 e. The van der Waals surface area contributed by atoms with Gasteiger partial charge in [-0.2, -0.15) is 10.1 Å². The van der Waals surface area contributed by atoms with Gasteiger partial charge in [0.1, 0.15) is 5.02 Å². The summed E-state index contributed by atoms with van der Waals surface area (Å²) in [7, 11) is 1.73. The minimum atomic E-state index is 0.312. The molecule has 2 heterocycles. The first kappa shape index (κ1) is 12.6. The van der Waals surface area contributed by atoms with E-state index >= 15 is 0 Å². The number of nitrogens with one attached hydrogen (secondary N) is 1. The van der Waals surface area contributed by atoms with E-state index in [0.29, 0.717) is 22.6 Å². The standard InChI is InChI=1S/C11H14ClN5O/c1-3-4-17-7-8(5-15-17)18-10-9(12)6-14-11(13-2)16-10/h5-7H,3-4H2,1-2H3,(H,13,14,16). The van der Waals surface area contributed by atoms with Crippen LogP contribution < -0.4 is 10.1 Å². The highest BCUT2D eigenvalue weighted by Gasteiger charge is 2.08. The first-order chi connectivity index (χ1) is 8.72. The Morgan fingerprint density at radius 3 is 3.00 bits per heavy atom. The second-order valence-electron chi connectivity index (χ2n) is 3.64. The van der Waals surface area contributed by atoms with E-state index in [-0.39, 0.29) is 0 Å². The molecule has 2 aromatic heterocycles. The predicted molar refractivity (Wildman–Crippen MR) is 69.2 cm³/mol. The molecule has 0 radical (unpaired) electrons. The number of anilines is 1. The van der Waals surface area contributed by atoms with Gasteiger partial charge in [-0.1, -0.05) is 18.5 Å². The summed E-state index contributed by atoms with van der Waals surface area (Å²) in [6, 6.07) is 0. The third kappa shape index (κ3) is 2.89. The fourth-order valence-electron chi connectivity index (χ4n) is 1.40. The molecule has 6 nitrogen and oxygen atoms in total. The number of hydrogen-bond donors (Lipinski definition) is 1. The molecule has 0 amide bonds. The second kappa shape index (κ2) is 5.68. The molecule has 0 saturated heterocycles. The second-order valence-corrected chi connectivity index (χ2v) is 4.05. The van der Waals surface area contributed by atoms with Gasteiger partial charge in [0.15, 0.2) is 5.75 Å². The van der Waals surface area contributed by atoms with Crippen molar-refractivity contribution in [3.05, 3.63) is 23.6 Å². The molecule has 0 saturated carbocycles. The Labute approximate surface area is 110 Å². The van der Waals surface area contributed by atoms with E-state index in [1.807, 2.05) is 4.68 Å². The summed E-state index contributed by atoms with van der Waals surface area (Å²) < 4.78 is 7.38. The average molecular weight is 268 g/mol. The summed E-state index contributed by atoms with van der Waals surface area (Å²) in [5, 5.41) is 7.35. The zero-order chi connectivity index (χ0) is 13.0. The summed E-state index contributed by atoms with van der Waals surface area (Å²) in [5.41, 5.74) is 0. The van der Waals surface area contributed by atoms with Gasteiger partial charge in [0.2, 0.25) is 11.8 Å². The van der Waals surface area contributed by atoms with Crippen LogP contribution >= 0.6 is 11.6 Å². The highest BCUT2D eigenvalue weighted by Crippen LogP contribution is 2.27. The number of ether oxygens (including phenoxy) is 1. The lowest BCUT2D eigenvalue weighted by Crippen LogP contribution is -1.98. The molecule has 0 spiro atoms. The van der Waals surface area contributed by atoms with Crippen LogP contribution in [-0.4, -0.2) is 26.8 Å². The highest BCUT2D eigenvalue weighted by atomic mass is 35.5. The molecule has 0 atom stereocenters. The Kier molecular flexibility index (Phi) is 3.99. The maximum Gasteiger partial charge on any atom is 0.243 e.